The van der Waals surface area contributed by atoms with E-state index in [4.69, 9.17) is 4.52 Å². The van der Waals surface area contributed by atoms with Crippen LogP contribution in [0, 0.1) is 0 Å². The van der Waals surface area contributed by atoms with Gasteiger partial charge in [-0.05, 0) is 13.3 Å². The Morgan fingerprint density at radius 1 is 1.69 bits per heavy atom. The predicted octanol–water partition coefficient (Wildman–Crippen LogP) is 2.24. The summed E-state index contributed by atoms with van der Waals surface area (Å²) in [5, 5.41) is 0. The maximum Gasteiger partial charge on any atom is 0.108 e. The van der Waals surface area contributed by atoms with Crippen molar-refractivity contribution in [1.29, 1.82) is 0 Å². The number of nitrogens with zero attached hydrogens (tertiary/aromatic N) is 2. The number of rotatable bonds is 4. The summed E-state index contributed by atoms with van der Waals surface area (Å²) in [6.45, 7) is 4.17. The van der Waals surface area contributed by atoms with E-state index < -0.39 is 0 Å². The summed E-state index contributed by atoms with van der Waals surface area (Å²) in [5.74, 6) is 1.13. The highest BCUT2D eigenvalue weighted by Gasteiger charge is 2.11. The molecule has 3 nitrogen and oxygen atoms in total. The fourth-order valence-electron chi connectivity index (χ4n) is 1.37. The summed E-state index contributed by atoms with van der Waals surface area (Å²) < 4.78 is 7.27. The fourth-order valence-corrected chi connectivity index (χ4v) is 1.51. The maximum absolute atomic E-state index is 5.16. The summed E-state index contributed by atoms with van der Waals surface area (Å²) in [7, 11) is 4.32. The number of aromatic nitrogens is 2. The molecule has 0 aromatic carbocycles. The minimum atomic E-state index is 0.0908. The molecule has 0 spiro atoms. The van der Waals surface area contributed by atoms with E-state index in [1.807, 2.05) is 20.2 Å². The summed E-state index contributed by atoms with van der Waals surface area (Å²) >= 11 is 0. The first-order valence-corrected chi connectivity index (χ1v) is 5.03. The van der Waals surface area contributed by atoms with Gasteiger partial charge in [0.1, 0.15) is 5.82 Å². The Balaban J connectivity index is 2.85. The molecule has 2 unspecified atom stereocenters. The normalized spacial score (nSPS) is 13.2. The zero-order valence-corrected chi connectivity index (χ0v) is 9.60. The van der Waals surface area contributed by atoms with Gasteiger partial charge in [-0.25, -0.2) is 4.98 Å². The van der Waals surface area contributed by atoms with Crippen LogP contribution in [0.2, 0.25) is 0 Å². The Hall–Kier alpha value is -0.400. The van der Waals surface area contributed by atoms with Gasteiger partial charge in [-0.2, -0.15) is 0 Å². The van der Waals surface area contributed by atoms with Gasteiger partial charge in [0.15, 0.2) is 0 Å². The van der Waals surface area contributed by atoms with E-state index in [9.17, 15) is 0 Å². The molecule has 0 saturated heterocycles. The number of imidazole rings is 1. The third kappa shape index (κ3) is 2.29. The number of hydrogen-bond donors (Lipinski definition) is 0. The fraction of sp³-hybridized carbons (Fsp3) is 0.667. The van der Waals surface area contributed by atoms with Gasteiger partial charge >= 0.3 is 0 Å². The van der Waals surface area contributed by atoms with Crippen molar-refractivity contribution >= 4 is 9.47 Å². The van der Waals surface area contributed by atoms with Crippen LogP contribution in [0.5, 0.6) is 0 Å². The standard InChI is InChI=1S/C9H17N2OP/c1-4-5-9-10-6-8(11(9)3)7(2)12-13/h6-7H,4-5,13H2,1-3H3. The van der Waals surface area contributed by atoms with Crippen molar-refractivity contribution in [3.63, 3.8) is 0 Å². The van der Waals surface area contributed by atoms with Crippen LogP contribution in [-0.4, -0.2) is 9.55 Å². The molecule has 1 aromatic heterocycles. The molecule has 4 heteroatoms. The molecule has 1 aromatic rings. The molecule has 0 amide bonds. The lowest BCUT2D eigenvalue weighted by molar-refractivity contribution is 0.259. The van der Waals surface area contributed by atoms with Crippen molar-refractivity contribution in [2.24, 2.45) is 7.05 Å². The molecule has 13 heavy (non-hydrogen) atoms. The Morgan fingerprint density at radius 3 is 2.92 bits per heavy atom. The number of hydrogen-bond acceptors (Lipinski definition) is 2. The average molecular weight is 200 g/mol. The van der Waals surface area contributed by atoms with E-state index in [1.165, 1.54) is 0 Å². The largest absolute Gasteiger partial charge is 0.356 e. The molecule has 0 radical (unpaired) electrons. The lowest BCUT2D eigenvalue weighted by Gasteiger charge is -2.10. The minimum absolute atomic E-state index is 0.0908. The van der Waals surface area contributed by atoms with E-state index in [0.29, 0.717) is 0 Å². The summed E-state index contributed by atoms with van der Waals surface area (Å²) in [6.07, 6.45) is 4.13. The van der Waals surface area contributed by atoms with Crippen LogP contribution in [0.1, 0.15) is 37.9 Å². The molecule has 1 heterocycles. The molecule has 0 fully saturated rings. The third-order valence-corrected chi connectivity index (χ3v) is 2.62. The van der Waals surface area contributed by atoms with E-state index in [-0.39, 0.29) is 6.10 Å². The van der Waals surface area contributed by atoms with Gasteiger partial charge < -0.3 is 9.09 Å². The molecular formula is C9H17N2OP. The maximum atomic E-state index is 5.16. The Morgan fingerprint density at radius 2 is 2.38 bits per heavy atom. The highest BCUT2D eigenvalue weighted by Crippen LogP contribution is 2.19. The second kappa shape index (κ2) is 4.73. The molecule has 0 aliphatic carbocycles. The van der Waals surface area contributed by atoms with Crippen LogP contribution in [0.25, 0.3) is 0 Å². The second-order valence-corrected chi connectivity index (χ2v) is 3.46. The summed E-state index contributed by atoms with van der Waals surface area (Å²) in [4.78, 5) is 4.35. The van der Waals surface area contributed by atoms with Crippen molar-refractivity contribution < 1.29 is 4.52 Å². The molecule has 0 N–H and O–H groups in total. The van der Waals surface area contributed by atoms with Crippen LogP contribution < -0.4 is 0 Å². The van der Waals surface area contributed by atoms with Gasteiger partial charge in [0.05, 0.1) is 18.0 Å². The van der Waals surface area contributed by atoms with Gasteiger partial charge in [-0.15, -0.1) is 0 Å². The zero-order valence-electron chi connectivity index (χ0n) is 8.45. The van der Waals surface area contributed by atoms with Crippen molar-refractivity contribution in [3.05, 3.63) is 17.7 Å². The highest BCUT2D eigenvalue weighted by molar-refractivity contribution is 7.09. The topological polar surface area (TPSA) is 27.1 Å². The van der Waals surface area contributed by atoms with Crippen LogP contribution in [0.3, 0.4) is 0 Å². The minimum Gasteiger partial charge on any atom is -0.356 e. The Bertz CT molecular complexity index is 273. The molecular weight excluding hydrogens is 183 g/mol. The molecule has 74 valence electrons. The monoisotopic (exact) mass is 200 g/mol. The zero-order chi connectivity index (χ0) is 9.84. The van der Waals surface area contributed by atoms with Crippen molar-refractivity contribution in [1.82, 2.24) is 9.55 Å². The molecule has 0 bridgehead atoms. The molecule has 0 saturated carbocycles. The van der Waals surface area contributed by atoms with Gasteiger partial charge in [0.2, 0.25) is 0 Å². The van der Waals surface area contributed by atoms with Gasteiger partial charge in [0.25, 0.3) is 0 Å². The van der Waals surface area contributed by atoms with E-state index in [0.717, 1.165) is 24.4 Å². The Kier molecular flexibility index (Phi) is 3.89. The predicted molar refractivity (Wildman–Crippen MR) is 56.4 cm³/mol. The lowest BCUT2D eigenvalue weighted by Crippen LogP contribution is -2.04. The smallest absolute Gasteiger partial charge is 0.108 e. The van der Waals surface area contributed by atoms with Crippen LogP contribution in [-0.2, 0) is 18.0 Å². The van der Waals surface area contributed by atoms with Crippen LogP contribution in [0.4, 0.5) is 0 Å². The van der Waals surface area contributed by atoms with Crippen LogP contribution in [0.15, 0.2) is 6.20 Å². The quantitative estimate of drug-likeness (QED) is 0.697. The second-order valence-electron chi connectivity index (χ2n) is 3.19. The van der Waals surface area contributed by atoms with E-state index >= 15 is 0 Å². The van der Waals surface area contributed by atoms with E-state index in [1.54, 1.807) is 0 Å². The molecule has 2 atom stereocenters. The van der Waals surface area contributed by atoms with Crippen molar-refractivity contribution in [2.75, 3.05) is 0 Å². The van der Waals surface area contributed by atoms with Crippen LogP contribution >= 0.6 is 9.47 Å². The van der Waals surface area contributed by atoms with Crippen molar-refractivity contribution in [3.8, 4) is 0 Å². The molecule has 1 rings (SSSR count). The average Bonchev–Trinajstić information content (AvgIpc) is 2.48. The lowest BCUT2D eigenvalue weighted by atomic mass is 10.3. The van der Waals surface area contributed by atoms with Crippen molar-refractivity contribution in [2.45, 2.75) is 32.8 Å². The van der Waals surface area contributed by atoms with Gasteiger partial charge in [0, 0.05) is 22.9 Å². The van der Waals surface area contributed by atoms with Gasteiger partial charge in [-0.1, -0.05) is 6.92 Å². The third-order valence-electron chi connectivity index (χ3n) is 2.21. The highest BCUT2D eigenvalue weighted by atomic mass is 31.0. The first-order valence-electron chi connectivity index (χ1n) is 4.56. The van der Waals surface area contributed by atoms with Gasteiger partial charge in [-0.3, -0.25) is 0 Å². The first-order chi connectivity index (χ1) is 6.20. The SMILES string of the molecule is CCCc1ncc(C(C)OP)n1C. The molecule has 0 aliphatic rings. The Labute approximate surface area is 81.8 Å². The van der Waals surface area contributed by atoms with E-state index in [2.05, 4.69) is 25.9 Å². The molecule has 0 aliphatic heterocycles. The summed E-state index contributed by atoms with van der Waals surface area (Å²) in [5.41, 5.74) is 1.12. The summed E-state index contributed by atoms with van der Waals surface area (Å²) in [6, 6.07) is 0. The number of aryl methyl sites for hydroxylation is 1. The first kappa shape index (κ1) is 10.7.